The second-order valence-corrected chi connectivity index (χ2v) is 9.75. The molecule has 2 fully saturated rings. The van der Waals surface area contributed by atoms with Gasteiger partial charge in [0, 0.05) is 43.9 Å². The summed E-state index contributed by atoms with van der Waals surface area (Å²) >= 11 is 0. The molecule has 0 aliphatic carbocycles. The molecule has 2 atom stereocenters. The van der Waals surface area contributed by atoms with Gasteiger partial charge in [0.2, 0.25) is 0 Å². The Morgan fingerprint density at radius 3 is 2.31 bits per heavy atom. The first-order valence-corrected chi connectivity index (χ1v) is 12.6. The Hall–Kier alpha value is -3.45. The number of urea groups is 1. The van der Waals surface area contributed by atoms with Crippen molar-refractivity contribution in [2.45, 2.75) is 44.3 Å². The first-order valence-electron chi connectivity index (χ1n) is 12.6. The summed E-state index contributed by atoms with van der Waals surface area (Å²) < 4.78 is 1.70. The van der Waals surface area contributed by atoms with Gasteiger partial charge in [-0.3, -0.25) is 9.36 Å². The molecule has 3 aromatic rings. The van der Waals surface area contributed by atoms with Crippen molar-refractivity contribution < 1.29 is 4.79 Å². The molecule has 5 rings (SSSR count). The summed E-state index contributed by atoms with van der Waals surface area (Å²) in [6.45, 7) is 2.73. The molecule has 0 bridgehead atoms. The standard InChI is InChI=1S/C28H33N5O2/c29-24-13-16-33(26(17-24)23-9-5-2-6-10-23)28(35)31-14-11-21(12-15-31)19-32-20-30-25(18-27(32)34)22-7-3-1-4-8-22/h1-10,18,20-21,24,26H,11-17,19,29H2/t24?,26-/m0/s1. The highest BCUT2D eigenvalue weighted by Gasteiger charge is 2.35. The van der Waals surface area contributed by atoms with Crippen LogP contribution in [0.1, 0.15) is 37.3 Å². The molecule has 35 heavy (non-hydrogen) atoms. The summed E-state index contributed by atoms with van der Waals surface area (Å²) in [7, 11) is 0. The zero-order valence-corrected chi connectivity index (χ0v) is 20.0. The fourth-order valence-corrected chi connectivity index (χ4v) is 5.31. The number of rotatable bonds is 4. The summed E-state index contributed by atoms with van der Waals surface area (Å²) in [6, 6.07) is 21.8. The number of carbonyl (C=O) groups is 1. The van der Waals surface area contributed by atoms with Crippen molar-refractivity contribution >= 4 is 6.03 Å². The Balaban J connectivity index is 1.20. The first kappa shape index (κ1) is 23.3. The second-order valence-electron chi connectivity index (χ2n) is 9.75. The van der Waals surface area contributed by atoms with E-state index in [1.807, 2.05) is 58.3 Å². The van der Waals surface area contributed by atoms with E-state index in [1.54, 1.807) is 17.0 Å². The third-order valence-electron chi connectivity index (χ3n) is 7.36. The van der Waals surface area contributed by atoms with Gasteiger partial charge >= 0.3 is 6.03 Å². The zero-order chi connectivity index (χ0) is 24.2. The quantitative estimate of drug-likeness (QED) is 0.625. The second kappa shape index (κ2) is 10.4. The molecule has 2 amide bonds. The molecular weight excluding hydrogens is 438 g/mol. The maximum atomic E-state index is 13.5. The predicted octanol–water partition coefficient (Wildman–Crippen LogP) is 3.91. The smallest absolute Gasteiger partial charge is 0.320 e. The number of piperidine rings is 2. The van der Waals surface area contributed by atoms with E-state index in [2.05, 4.69) is 17.1 Å². The average Bonchev–Trinajstić information content (AvgIpc) is 2.91. The Morgan fingerprint density at radius 1 is 0.943 bits per heavy atom. The number of nitrogens with two attached hydrogens (primary N) is 1. The van der Waals surface area contributed by atoms with Gasteiger partial charge in [-0.15, -0.1) is 0 Å². The molecule has 182 valence electrons. The number of hydrogen-bond acceptors (Lipinski definition) is 4. The lowest BCUT2D eigenvalue weighted by Gasteiger charge is -2.43. The van der Waals surface area contributed by atoms with Crippen LogP contribution in [0.3, 0.4) is 0 Å². The third kappa shape index (κ3) is 5.30. The molecule has 0 spiro atoms. The monoisotopic (exact) mass is 471 g/mol. The third-order valence-corrected chi connectivity index (χ3v) is 7.36. The molecule has 7 nitrogen and oxygen atoms in total. The number of aromatic nitrogens is 2. The van der Waals surface area contributed by atoms with Crippen LogP contribution >= 0.6 is 0 Å². The van der Waals surface area contributed by atoms with Gasteiger partial charge in [-0.05, 0) is 37.2 Å². The minimum Gasteiger partial charge on any atom is -0.328 e. The normalized spacial score (nSPS) is 21.2. The SMILES string of the molecule is NC1CCN(C(=O)N2CCC(Cn3cnc(-c4ccccc4)cc3=O)CC2)[C@H](c2ccccc2)C1. The van der Waals surface area contributed by atoms with Crippen molar-refractivity contribution in [3.05, 3.63) is 89.0 Å². The molecule has 2 saturated heterocycles. The molecule has 3 heterocycles. The van der Waals surface area contributed by atoms with E-state index < -0.39 is 0 Å². The summed E-state index contributed by atoms with van der Waals surface area (Å²) in [5, 5.41) is 0. The van der Waals surface area contributed by atoms with Crippen molar-refractivity contribution in [2.75, 3.05) is 19.6 Å². The number of benzene rings is 2. The molecule has 1 unspecified atom stereocenters. The number of nitrogens with zero attached hydrogens (tertiary/aromatic N) is 4. The zero-order valence-electron chi connectivity index (χ0n) is 20.0. The number of amides is 2. The molecule has 0 saturated carbocycles. The van der Waals surface area contributed by atoms with Crippen LogP contribution in [0.25, 0.3) is 11.3 Å². The van der Waals surface area contributed by atoms with Crippen LogP contribution < -0.4 is 11.3 Å². The predicted molar refractivity (Wildman–Crippen MR) is 137 cm³/mol. The van der Waals surface area contributed by atoms with E-state index in [0.717, 1.165) is 36.8 Å². The molecule has 2 N–H and O–H groups in total. The Morgan fingerprint density at radius 2 is 1.63 bits per heavy atom. The summed E-state index contributed by atoms with van der Waals surface area (Å²) in [6.07, 6.45) is 5.04. The van der Waals surface area contributed by atoms with Crippen molar-refractivity contribution in [2.24, 2.45) is 11.7 Å². The van der Waals surface area contributed by atoms with E-state index in [9.17, 15) is 9.59 Å². The van der Waals surface area contributed by atoms with Crippen molar-refractivity contribution in [1.82, 2.24) is 19.4 Å². The van der Waals surface area contributed by atoms with Gasteiger partial charge < -0.3 is 15.5 Å². The van der Waals surface area contributed by atoms with Gasteiger partial charge in [0.1, 0.15) is 0 Å². The van der Waals surface area contributed by atoms with Crippen molar-refractivity contribution in [3.63, 3.8) is 0 Å². The van der Waals surface area contributed by atoms with Gasteiger partial charge in [0.05, 0.1) is 18.1 Å². The van der Waals surface area contributed by atoms with Gasteiger partial charge in [-0.25, -0.2) is 9.78 Å². The molecule has 2 aliphatic heterocycles. The number of hydrogen-bond donors (Lipinski definition) is 1. The van der Waals surface area contributed by atoms with E-state index in [-0.39, 0.29) is 23.7 Å². The van der Waals surface area contributed by atoms with Gasteiger partial charge in [0.15, 0.2) is 0 Å². The van der Waals surface area contributed by atoms with E-state index >= 15 is 0 Å². The minimum absolute atomic E-state index is 0.0259. The number of likely N-dealkylation sites (tertiary alicyclic amines) is 2. The maximum absolute atomic E-state index is 13.5. The van der Waals surface area contributed by atoms with Gasteiger partial charge in [-0.1, -0.05) is 60.7 Å². The van der Waals surface area contributed by atoms with Crippen LogP contribution in [0.2, 0.25) is 0 Å². The highest BCUT2D eigenvalue weighted by molar-refractivity contribution is 5.75. The lowest BCUT2D eigenvalue weighted by molar-refractivity contribution is 0.0950. The molecule has 2 aliphatic rings. The van der Waals surface area contributed by atoms with Crippen LogP contribution in [0.15, 0.2) is 77.9 Å². The Kier molecular flexibility index (Phi) is 6.95. The van der Waals surface area contributed by atoms with Gasteiger partial charge in [0.25, 0.3) is 5.56 Å². The van der Waals surface area contributed by atoms with Crippen LogP contribution in [0.4, 0.5) is 4.79 Å². The summed E-state index contributed by atoms with van der Waals surface area (Å²) in [4.78, 5) is 34.7. The lowest BCUT2D eigenvalue weighted by atomic mass is 9.92. The minimum atomic E-state index is -0.0345. The van der Waals surface area contributed by atoms with E-state index in [0.29, 0.717) is 37.8 Å². The summed E-state index contributed by atoms with van der Waals surface area (Å²) in [5.41, 5.74) is 9.02. The van der Waals surface area contributed by atoms with E-state index in [4.69, 9.17) is 5.73 Å². The van der Waals surface area contributed by atoms with Crippen LogP contribution in [0, 0.1) is 5.92 Å². The number of carbonyl (C=O) groups excluding carboxylic acids is 1. The Bertz CT molecular complexity index is 1190. The Labute approximate surface area is 206 Å². The highest BCUT2D eigenvalue weighted by Crippen LogP contribution is 2.32. The van der Waals surface area contributed by atoms with Crippen LogP contribution in [0.5, 0.6) is 0 Å². The van der Waals surface area contributed by atoms with Crippen LogP contribution in [-0.2, 0) is 6.54 Å². The largest absolute Gasteiger partial charge is 0.328 e. The lowest BCUT2D eigenvalue weighted by Crippen LogP contribution is -2.52. The summed E-state index contributed by atoms with van der Waals surface area (Å²) in [5.74, 6) is 0.348. The molecule has 7 heteroatoms. The molecule has 0 radical (unpaired) electrons. The topological polar surface area (TPSA) is 84.5 Å². The van der Waals surface area contributed by atoms with Crippen LogP contribution in [-0.4, -0.2) is 51.1 Å². The maximum Gasteiger partial charge on any atom is 0.320 e. The van der Waals surface area contributed by atoms with Crippen molar-refractivity contribution in [1.29, 1.82) is 0 Å². The molecule has 2 aromatic carbocycles. The average molecular weight is 472 g/mol. The molecular formula is C28H33N5O2. The fourth-order valence-electron chi connectivity index (χ4n) is 5.31. The fraction of sp³-hybridized carbons (Fsp3) is 0.393. The van der Waals surface area contributed by atoms with E-state index in [1.165, 1.54) is 0 Å². The first-order chi connectivity index (χ1) is 17.1. The molecule has 1 aromatic heterocycles. The van der Waals surface area contributed by atoms with Gasteiger partial charge in [-0.2, -0.15) is 0 Å². The highest BCUT2D eigenvalue weighted by atomic mass is 16.2. The van der Waals surface area contributed by atoms with Crippen molar-refractivity contribution in [3.8, 4) is 11.3 Å².